The number of H-pyrrole nitrogens is 1. The Morgan fingerprint density at radius 3 is 2.58 bits per heavy atom. The molecule has 1 unspecified atom stereocenters. The molecule has 7 N–H and O–H groups in total. The number of aromatic amines is 1. The van der Waals surface area contributed by atoms with Crippen LogP contribution in [0.2, 0.25) is 0 Å². The van der Waals surface area contributed by atoms with Gasteiger partial charge in [0.15, 0.2) is 0 Å². The number of hydrogen-bond acceptors (Lipinski definition) is 7. The molecule has 11 heteroatoms. The third-order valence-corrected chi connectivity index (χ3v) is 5.13. The summed E-state index contributed by atoms with van der Waals surface area (Å²) in [5.41, 5.74) is 7.76. The molecular weight excluding hydrogens is 406 g/mol. The monoisotopic (exact) mass is 429 g/mol. The molecule has 2 aromatic rings. The van der Waals surface area contributed by atoms with Gasteiger partial charge in [0.25, 0.3) is 11.5 Å². The Bertz CT molecular complexity index is 1050. The zero-order chi connectivity index (χ0) is 22.5. The lowest BCUT2D eigenvalue weighted by Crippen LogP contribution is -2.42. The van der Waals surface area contributed by atoms with Crippen LogP contribution < -0.4 is 21.9 Å². The van der Waals surface area contributed by atoms with E-state index in [9.17, 15) is 19.2 Å². The van der Waals surface area contributed by atoms with Crippen molar-refractivity contribution in [3.05, 3.63) is 51.4 Å². The third-order valence-electron chi connectivity index (χ3n) is 5.13. The van der Waals surface area contributed by atoms with Crippen LogP contribution >= 0.6 is 0 Å². The number of nitrogens with one attached hydrogen (secondary N) is 3. The van der Waals surface area contributed by atoms with E-state index in [1.165, 1.54) is 12.1 Å². The Hall–Kier alpha value is -3.89. The minimum absolute atomic E-state index is 0.127. The summed E-state index contributed by atoms with van der Waals surface area (Å²) in [6, 6.07) is 4.88. The average Bonchev–Trinajstić information content (AvgIpc) is 2.71. The van der Waals surface area contributed by atoms with Gasteiger partial charge in [0.2, 0.25) is 5.95 Å². The summed E-state index contributed by atoms with van der Waals surface area (Å²) in [4.78, 5) is 52.8. The van der Waals surface area contributed by atoms with Crippen LogP contribution in [0.25, 0.3) is 0 Å². The summed E-state index contributed by atoms with van der Waals surface area (Å²) in [6.07, 6.45) is 1.41. The summed E-state index contributed by atoms with van der Waals surface area (Å²) < 4.78 is 0. The van der Waals surface area contributed by atoms with Gasteiger partial charge in [-0.15, -0.1) is 0 Å². The second kappa shape index (κ2) is 9.28. The maximum Gasteiger partial charge on any atom is 0.326 e. The number of carboxylic acids is 2. The van der Waals surface area contributed by atoms with Crippen LogP contribution in [0.4, 0.5) is 11.6 Å². The number of rotatable bonds is 8. The highest BCUT2D eigenvalue weighted by molar-refractivity contribution is 5.97. The average molecular weight is 429 g/mol. The molecule has 1 aromatic heterocycles. The molecule has 31 heavy (non-hydrogen) atoms. The van der Waals surface area contributed by atoms with Gasteiger partial charge in [0, 0.05) is 23.4 Å². The molecule has 1 amide bonds. The maximum absolute atomic E-state index is 12.2. The van der Waals surface area contributed by atoms with Crippen LogP contribution in [0.15, 0.2) is 29.1 Å². The van der Waals surface area contributed by atoms with Crippen molar-refractivity contribution < 1.29 is 24.6 Å². The molecule has 0 radical (unpaired) electrons. The Morgan fingerprint density at radius 1 is 1.23 bits per heavy atom. The van der Waals surface area contributed by atoms with Gasteiger partial charge < -0.3 is 26.6 Å². The summed E-state index contributed by atoms with van der Waals surface area (Å²) in [5.74, 6) is -3.05. The molecule has 11 nitrogen and oxygen atoms in total. The predicted octanol–water partition coefficient (Wildman–Crippen LogP) is 0.227. The Balaban J connectivity index is 1.56. The fourth-order valence-corrected chi connectivity index (χ4v) is 3.50. The molecule has 0 spiro atoms. The number of aliphatic carboxylic acids is 2. The van der Waals surface area contributed by atoms with Crippen molar-refractivity contribution in [1.29, 1.82) is 0 Å². The van der Waals surface area contributed by atoms with Crippen molar-refractivity contribution in [2.24, 2.45) is 5.92 Å². The second-order valence-electron chi connectivity index (χ2n) is 7.41. The molecule has 0 aliphatic heterocycles. The van der Waals surface area contributed by atoms with E-state index in [0.29, 0.717) is 24.9 Å². The molecule has 1 aliphatic rings. The van der Waals surface area contributed by atoms with Gasteiger partial charge in [0.1, 0.15) is 6.04 Å². The Labute approximate surface area is 176 Å². The van der Waals surface area contributed by atoms with Crippen molar-refractivity contribution in [1.82, 2.24) is 15.3 Å². The SMILES string of the molecule is Nc1nc2c(c(=O)[nH]1)CC(CNc1ccc(C(=O)N[C@@H](CC(=O)O)C(=O)O)cc1)CC2. The highest BCUT2D eigenvalue weighted by Gasteiger charge is 2.24. The van der Waals surface area contributed by atoms with Crippen molar-refractivity contribution in [3.8, 4) is 0 Å². The summed E-state index contributed by atoms with van der Waals surface area (Å²) in [6.45, 7) is 0.620. The van der Waals surface area contributed by atoms with Gasteiger partial charge in [-0.1, -0.05) is 0 Å². The molecule has 1 aliphatic carbocycles. The number of nitrogen functional groups attached to an aromatic ring is 1. The van der Waals surface area contributed by atoms with E-state index in [1.54, 1.807) is 12.1 Å². The standard InChI is InChI=1S/C20H23N5O6/c21-20-24-14-6-1-10(7-13(14)18(29)25-20)9-22-12-4-2-11(3-5-12)17(28)23-15(19(30)31)8-16(26)27/h2-5,10,15,22H,1,6-9H2,(H,23,28)(H,26,27)(H,30,31)(H3,21,24,25,29)/t10?,15-/m0/s1. The van der Waals surface area contributed by atoms with E-state index in [-0.39, 0.29) is 23.0 Å². The molecular formula is C20H23N5O6. The quantitative estimate of drug-likeness (QED) is 0.341. The lowest BCUT2D eigenvalue weighted by atomic mass is 9.87. The number of fused-ring (bicyclic) bond motifs is 1. The molecule has 0 saturated heterocycles. The number of carbonyl (C=O) groups excluding carboxylic acids is 1. The molecule has 164 valence electrons. The van der Waals surface area contributed by atoms with E-state index >= 15 is 0 Å². The summed E-state index contributed by atoms with van der Waals surface area (Å²) >= 11 is 0. The largest absolute Gasteiger partial charge is 0.481 e. The van der Waals surface area contributed by atoms with Gasteiger partial charge in [-0.2, -0.15) is 0 Å². The number of nitrogens with two attached hydrogens (primary N) is 1. The van der Waals surface area contributed by atoms with E-state index in [2.05, 4.69) is 20.6 Å². The van der Waals surface area contributed by atoms with Gasteiger partial charge in [0.05, 0.1) is 12.1 Å². The van der Waals surface area contributed by atoms with Crippen LogP contribution in [-0.4, -0.2) is 50.6 Å². The molecule has 1 heterocycles. The second-order valence-corrected chi connectivity index (χ2v) is 7.41. The fourth-order valence-electron chi connectivity index (χ4n) is 3.50. The van der Waals surface area contributed by atoms with Crippen LogP contribution in [-0.2, 0) is 22.4 Å². The number of aromatic nitrogens is 2. The predicted molar refractivity (Wildman–Crippen MR) is 111 cm³/mol. The van der Waals surface area contributed by atoms with Crippen LogP contribution in [0.3, 0.4) is 0 Å². The van der Waals surface area contributed by atoms with E-state index < -0.39 is 30.3 Å². The molecule has 2 atom stereocenters. The molecule has 3 rings (SSSR count). The molecule has 0 fully saturated rings. The normalized spacial score (nSPS) is 16.1. The number of nitrogens with zero attached hydrogens (tertiary/aromatic N) is 1. The third kappa shape index (κ3) is 5.59. The number of aryl methyl sites for hydroxylation is 1. The number of carbonyl (C=O) groups is 3. The number of hydrogen-bond donors (Lipinski definition) is 6. The number of carboxylic acid groups (broad SMARTS) is 2. The highest BCUT2D eigenvalue weighted by atomic mass is 16.4. The lowest BCUT2D eigenvalue weighted by molar-refractivity contribution is -0.145. The number of benzene rings is 1. The minimum Gasteiger partial charge on any atom is -0.481 e. The molecule has 1 aromatic carbocycles. The summed E-state index contributed by atoms with van der Waals surface area (Å²) in [5, 5.41) is 23.2. The zero-order valence-corrected chi connectivity index (χ0v) is 16.6. The Morgan fingerprint density at radius 2 is 1.94 bits per heavy atom. The van der Waals surface area contributed by atoms with Gasteiger partial charge in [-0.05, 0) is 49.4 Å². The maximum atomic E-state index is 12.2. The van der Waals surface area contributed by atoms with Crippen molar-refractivity contribution >= 4 is 29.5 Å². The number of anilines is 2. The van der Waals surface area contributed by atoms with Crippen LogP contribution in [0.5, 0.6) is 0 Å². The van der Waals surface area contributed by atoms with E-state index in [0.717, 1.165) is 17.8 Å². The summed E-state index contributed by atoms with van der Waals surface area (Å²) in [7, 11) is 0. The first-order chi connectivity index (χ1) is 14.7. The lowest BCUT2D eigenvalue weighted by Gasteiger charge is -2.24. The topological polar surface area (TPSA) is 187 Å². The molecule has 0 bridgehead atoms. The zero-order valence-electron chi connectivity index (χ0n) is 16.6. The Kier molecular flexibility index (Phi) is 6.53. The first-order valence-corrected chi connectivity index (χ1v) is 9.70. The smallest absolute Gasteiger partial charge is 0.326 e. The fraction of sp³-hybridized carbons (Fsp3) is 0.350. The first kappa shape index (κ1) is 21.8. The van der Waals surface area contributed by atoms with Crippen molar-refractivity contribution in [3.63, 3.8) is 0 Å². The van der Waals surface area contributed by atoms with Gasteiger partial charge >= 0.3 is 11.9 Å². The minimum atomic E-state index is -1.51. The highest BCUT2D eigenvalue weighted by Crippen LogP contribution is 2.23. The van der Waals surface area contributed by atoms with Crippen LogP contribution in [0, 0.1) is 5.92 Å². The number of amides is 1. The van der Waals surface area contributed by atoms with E-state index in [4.69, 9.17) is 15.9 Å². The van der Waals surface area contributed by atoms with E-state index in [1.807, 2.05) is 0 Å². The molecule has 0 saturated carbocycles. The van der Waals surface area contributed by atoms with Crippen LogP contribution in [0.1, 0.15) is 34.5 Å². The van der Waals surface area contributed by atoms with Crippen molar-refractivity contribution in [2.45, 2.75) is 31.7 Å². The first-order valence-electron chi connectivity index (χ1n) is 9.70. The van der Waals surface area contributed by atoms with Crippen molar-refractivity contribution in [2.75, 3.05) is 17.6 Å². The van der Waals surface area contributed by atoms with Gasteiger partial charge in [-0.25, -0.2) is 9.78 Å². The van der Waals surface area contributed by atoms with Gasteiger partial charge in [-0.3, -0.25) is 19.4 Å².